The van der Waals surface area contributed by atoms with Gasteiger partial charge in [-0.1, -0.05) is 52.9 Å². The molecule has 0 bridgehead atoms. The van der Waals surface area contributed by atoms with Crippen molar-refractivity contribution in [2.24, 2.45) is 5.41 Å². The summed E-state index contributed by atoms with van der Waals surface area (Å²) in [6.07, 6.45) is 9.25. The Hall–Kier alpha value is -0.530. The van der Waals surface area contributed by atoms with E-state index in [2.05, 4.69) is 25.5 Å². The molecule has 0 saturated heterocycles. The minimum Gasteiger partial charge on any atom is -0.469 e. The summed E-state index contributed by atoms with van der Waals surface area (Å²) in [5.74, 6) is -0.0762. The zero-order chi connectivity index (χ0) is 12.4. The molecule has 0 N–H and O–H groups in total. The summed E-state index contributed by atoms with van der Waals surface area (Å²) < 4.78 is 4.59. The third-order valence-corrected chi connectivity index (χ3v) is 2.79. The highest BCUT2D eigenvalue weighted by molar-refractivity contribution is 5.68. The molecule has 0 aliphatic heterocycles. The molecule has 0 aromatic heterocycles. The Morgan fingerprint density at radius 3 is 1.94 bits per heavy atom. The summed E-state index contributed by atoms with van der Waals surface area (Å²) >= 11 is 0. The molecule has 0 saturated carbocycles. The van der Waals surface area contributed by atoms with Crippen molar-refractivity contribution in [3.63, 3.8) is 0 Å². The van der Waals surface area contributed by atoms with Gasteiger partial charge < -0.3 is 4.74 Å². The Morgan fingerprint density at radius 2 is 1.44 bits per heavy atom. The van der Waals surface area contributed by atoms with Gasteiger partial charge in [0.1, 0.15) is 0 Å². The molecule has 0 unspecified atom stereocenters. The molecular formula is C14H28O2. The van der Waals surface area contributed by atoms with Gasteiger partial charge in [0.05, 0.1) is 7.11 Å². The molecule has 2 heteroatoms. The molecule has 0 aliphatic rings. The van der Waals surface area contributed by atoms with Crippen molar-refractivity contribution in [1.29, 1.82) is 0 Å². The first-order chi connectivity index (χ1) is 7.45. The second kappa shape index (κ2) is 8.60. The Bertz CT molecular complexity index is 180. The van der Waals surface area contributed by atoms with Crippen LogP contribution in [0, 0.1) is 5.41 Å². The minimum absolute atomic E-state index is 0.0762. The summed E-state index contributed by atoms with van der Waals surface area (Å²) in [7, 11) is 1.45. The lowest BCUT2D eigenvalue weighted by atomic mass is 9.89. The van der Waals surface area contributed by atoms with Gasteiger partial charge in [-0.05, 0) is 18.3 Å². The van der Waals surface area contributed by atoms with E-state index in [1.807, 2.05) is 0 Å². The number of esters is 1. The molecule has 0 atom stereocenters. The van der Waals surface area contributed by atoms with Crippen molar-refractivity contribution in [2.45, 2.75) is 72.1 Å². The van der Waals surface area contributed by atoms with Crippen LogP contribution >= 0.6 is 0 Å². The van der Waals surface area contributed by atoms with Crippen LogP contribution in [0.2, 0.25) is 0 Å². The molecule has 2 nitrogen and oxygen atoms in total. The molecule has 0 spiro atoms. The maximum absolute atomic E-state index is 10.8. The fourth-order valence-corrected chi connectivity index (χ4v) is 1.73. The van der Waals surface area contributed by atoms with E-state index in [0.717, 1.165) is 12.8 Å². The molecule has 0 heterocycles. The van der Waals surface area contributed by atoms with Crippen LogP contribution in [-0.4, -0.2) is 13.1 Å². The topological polar surface area (TPSA) is 26.3 Å². The fourth-order valence-electron chi connectivity index (χ4n) is 1.73. The zero-order valence-electron chi connectivity index (χ0n) is 11.5. The van der Waals surface area contributed by atoms with E-state index in [9.17, 15) is 4.79 Å². The van der Waals surface area contributed by atoms with Gasteiger partial charge in [-0.15, -0.1) is 0 Å². The van der Waals surface area contributed by atoms with Gasteiger partial charge in [-0.3, -0.25) is 4.79 Å². The largest absolute Gasteiger partial charge is 0.469 e. The SMILES string of the molecule is COC(=O)CCCCCCCCC(C)(C)C. The molecule has 0 aromatic carbocycles. The number of rotatable bonds is 8. The van der Waals surface area contributed by atoms with Crippen molar-refractivity contribution in [2.75, 3.05) is 7.11 Å². The van der Waals surface area contributed by atoms with E-state index in [-0.39, 0.29) is 5.97 Å². The van der Waals surface area contributed by atoms with Gasteiger partial charge in [0, 0.05) is 6.42 Å². The molecule has 16 heavy (non-hydrogen) atoms. The lowest BCUT2D eigenvalue weighted by Crippen LogP contribution is -2.03. The van der Waals surface area contributed by atoms with E-state index in [1.54, 1.807) is 0 Å². The van der Waals surface area contributed by atoms with Crippen LogP contribution in [-0.2, 0) is 9.53 Å². The number of hydrogen-bond donors (Lipinski definition) is 0. The van der Waals surface area contributed by atoms with E-state index in [1.165, 1.54) is 39.2 Å². The Morgan fingerprint density at radius 1 is 0.938 bits per heavy atom. The second-order valence-electron chi connectivity index (χ2n) is 5.76. The summed E-state index contributed by atoms with van der Waals surface area (Å²) in [6.45, 7) is 6.88. The number of methoxy groups -OCH3 is 1. The number of unbranched alkanes of at least 4 members (excludes halogenated alkanes) is 5. The molecule has 0 aliphatic carbocycles. The lowest BCUT2D eigenvalue weighted by Gasteiger charge is -2.17. The van der Waals surface area contributed by atoms with Crippen LogP contribution in [0.25, 0.3) is 0 Å². The second-order valence-corrected chi connectivity index (χ2v) is 5.76. The highest BCUT2D eigenvalue weighted by atomic mass is 16.5. The standard InChI is InChI=1S/C14H28O2/c1-14(2,3)12-10-8-6-5-7-9-11-13(15)16-4/h5-12H2,1-4H3. The monoisotopic (exact) mass is 228 g/mol. The summed E-state index contributed by atoms with van der Waals surface area (Å²) in [5, 5.41) is 0. The highest BCUT2D eigenvalue weighted by Gasteiger charge is 2.08. The summed E-state index contributed by atoms with van der Waals surface area (Å²) in [4.78, 5) is 10.8. The smallest absolute Gasteiger partial charge is 0.305 e. The maximum atomic E-state index is 10.8. The van der Waals surface area contributed by atoms with Gasteiger partial charge in [0.2, 0.25) is 0 Å². The lowest BCUT2D eigenvalue weighted by molar-refractivity contribution is -0.140. The van der Waals surface area contributed by atoms with Crippen molar-refractivity contribution in [3.8, 4) is 0 Å². The van der Waals surface area contributed by atoms with E-state index < -0.39 is 0 Å². The molecular weight excluding hydrogens is 200 g/mol. The number of carbonyl (C=O) groups is 1. The zero-order valence-corrected chi connectivity index (χ0v) is 11.5. The molecule has 0 amide bonds. The first kappa shape index (κ1) is 15.5. The molecule has 0 rings (SSSR count). The highest BCUT2D eigenvalue weighted by Crippen LogP contribution is 2.22. The Kier molecular flexibility index (Phi) is 8.32. The average molecular weight is 228 g/mol. The van der Waals surface area contributed by atoms with Gasteiger partial charge in [0.15, 0.2) is 0 Å². The van der Waals surface area contributed by atoms with Gasteiger partial charge in [0.25, 0.3) is 0 Å². The number of hydrogen-bond acceptors (Lipinski definition) is 2. The first-order valence-corrected chi connectivity index (χ1v) is 6.52. The summed E-state index contributed by atoms with van der Waals surface area (Å²) in [5.41, 5.74) is 0.477. The molecule has 0 radical (unpaired) electrons. The van der Waals surface area contributed by atoms with E-state index >= 15 is 0 Å². The van der Waals surface area contributed by atoms with Gasteiger partial charge in [-0.25, -0.2) is 0 Å². The fraction of sp³-hybridized carbons (Fsp3) is 0.929. The predicted molar refractivity (Wildman–Crippen MR) is 68.4 cm³/mol. The van der Waals surface area contributed by atoms with E-state index in [4.69, 9.17) is 0 Å². The molecule has 0 fully saturated rings. The summed E-state index contributed by atoms with van der Waals surface area (Å²) in [6, 6.07) is 0. The van der Waals surface area contributed by atoms with Crippen molar-refractivity contribution < 1.29 is 9.53 Å². The van der Waals surface area contributed by atoms with Crippen LogP contribution in [0.15, 0.2) is 0 Å². The van der Waals surface area contributed by atoms with Gasteiger partial charge >= 0.3 is 5.97 Å². The first-order valence-electron chi connectivity index (χ1n) is 6.52. The Labute approximate surface area is 101 Å². The molecule has 96 valence electrons. The van der Waals surface area contributed by atoms with Crippen LogP contribution in [0.1, 0.15) is 72.1 Å². The van der Waals surface area contributed by atoms with Crippen molar-refractivity contribution >= 4 is 5.97 Å². The van der Waals surface area contributed by atoms with Crippen molar-refractivity contribution in [1.82, 2.24) is 0 Å². The number of carbonyl (C=O) groups excluding carboxylic acids is 1. The van der Waals surface area contributed by atoms with Crippen LogP contribution < -0.4 is 0 Å². The number of ether oxygens (including phenoxy) is 1. The normalized spacial score (nSPS) is 11.5. The van der Waals surface area contributed by atoms with Crippen LogP contribution in [0.5, 0.6) is 0 Å². The predicted octanol–water partition coefficient (Wildman–Crippen LogP) is 4.33. The Balaban J connectivity index is 3.13. The maximum Gasteiger partial charge on any atom is 0.305 e. The van der Waals surface area contributed by atoms with E-state index in [0.29, 0.717) is 11.8 Å². The van der Waals surface area contributed by atoms with Gasteiger partial charge in [-0.2, -0.15) is 0 Å². The van der Waals surface area contributed by atoms with Crippen LogP contribution in [0.3, 0.4) is 0 Å². The van der Waals surface area contributed by atoms with Crippen molar-refractivity contribution in [3.05, 3.63) is 0 Å². The molecule has 0 aromatic rings. The average Bonchev–Trinajstić information content (AvgIpc) is 2.20. The quantitative estimate of drug-likeness (QED) is 0.456. The minimum atomic E-state index is -0.0762. The van der Waals surface area contributed by atoms with Crippen LogP contribution in [0.4, 0.5) is 0 Å². The third-order valence-electron chi connectivity index (χ3n) is 2.79. The third kappa shape index (κ3) is 11.5.